The molecule has 0 amide bonds. The number of benzene rings is 1. The van der Waals surface area contributed by atoms with Gasteiger partial charge in [0.1, 0.15) is 6.17 Å². The van der Waals surface area contributed by atoms with Crippen LogP contribution in [-0.4, -0.2) is 31.3 Å². The minimum absolute atomic E-state index is 0.332. The van der Waals surface area contributed by atoms with E-state index in [1.165, 1.54) is 16.9 Å². The van der Waals surface area contributed by atoms with Gasteiger partial charge in [-0.2, -0.15) is 0 Å². The van der Waals surface area contributed by atoms with Crippen molar-refractivity contribution in [2.75, 3.05) is 23.9 Å². The molecule has 3 unspecified atom stereocenters. The van der Waals surface area contributed by atoms with E-state index in [9.17, 15) is 0 Å². The highest BCUT2D eigenvalue weighted by atomic mass is 15.4. The van der Waals surface area contributed by atoms with Gasteiger partial charge in [0.2, 0.25) is 0 Å². The molecule has 26 heavy (non-hydrogen) atoms. The highest BCUT2D eigenvalue weighted by Crippen LogP contribution is 2.38. The summed E-state index contributed by atoms with van der Waals surface area (Å²) in [5.74, 6) is 1.13. The molecule has 0 radical (unpaired) electrons. The summed E-state index contributed by atoms with van der Waals surface area (Å²) in [5.41, 5.74) is 4.06. The SMILES string of the molecule is CCc1c(N2C=CCC(C)C2NC)cccc1N1C=CN(C)C1C(C)C. The summed E-state index contributed by atoms with van der Waals surface area (Å²) in [6.07, 6.45) is 11.8. The summed E-state index contributed by atoms with van der Waals surface area (Å²) < 4.78 is 0. The Kier molecular flexibility index (Phi) is 5.61. The maximum Gasteiger partial charge on any atom is 0.107 e. The van der Waals surface area contributed by atoms with Crippen molar-refractivity contribution in [1.82, 2.24) is 10.2 Å². The van der Waals surface area contributed by atoms with Gasteiger partial charge in [0.15, 0.2) is 0 Å². The Morgan fingerprint density at radius 3 is 2.42 bits per heavy atom. The Morgan fingerprint density at radius 2 is 1.81 bits per heavy atom. The lowest BCUT2D eigenvalue weighted by Crippen LogP contribution is -2.48. The number of rotatable bonds is 5. The summed E-state index contributed by atoms with van der Waals surface area (Å²) >= 11 is 0. The van der Waals surface area contributed by atoms with Crippen molar-refractivity contribution in [2.24, 2.45) is 11.8 Å². The summed E-state index contributed by atoms with van der Waals surface area (Å²) in [5, 5.41) is 3.52. The standard InChI is InChI=1S/C22H34N4/c1-7-18-19(25-13-9-10-17(4)21(25)23-5)11-8-12-20(18)26-15-14-24(6)22(26)16(2)3/h8-9,11-17,21-23H,7,10H2,1-6H3. The van der Waals surface area contributed by atoms with Gasteiger partial charge >= 0.3 is 0 Å². The fraction of sp³-hybridized carbons (Fsp3) is 0.545. The van der Waals surface area contributed by atoms with E-state index < -0.39 is 0 Å². The van der Waals surface area contributed by atoms with Gasteiger partial charge < -0.3 is 14.7 Å². The van der Waals surface area contributed by atoms with E-state index in [-0.39, 0.29) is 0 Å². The molecule has 0 saturated heterocycles. The molecular weight excluding hydrogens is 320 g/mol. The van der Waals surface area contributed by atoms with E-state index in [0.29, 0.717) is 24.2 Å². The van der Waals surface area contributed by atoms with Crippen LogP contribution < -0.4 is 15.1 Å². The molecule has 0 saturated carbocycles. The van der Waals surface area contributed by atoms with Crippen molar-refractivity contribution in [3.63, 3.8) is 0 Å². The first-order valence-electron chi connectivity index (χ1n) is 9.92. The highest BCUT2D eigenvalue weighted by molar-refractivity contribution is 5.71. The molecule has 0 bridgehead atoms. The van der Waals surface area contributed by atoms with Crippen LogP contribution in [-0.2, 0) is 6.42 Å². The molecule has 0 spiro atoms. The molecule has 4 nitrogen and oxygen atoms in total. The number of allylic oxidation sites excluding steroid dienone is 1. The topological polar surface area (TPSA) is 21.8 Å². The van der Waals surface area contributed by atoms with Crippen LogP contribution in [0.25, 0.3) is 0 Å². The van der Waals surface area contributed by atoms with Gasteiger partial charge in [0, 0.05) is 37.0 Å². The maximum absolute atomic E-state index is 3.52. The Morgan fingerprint density at radius 1 is 1.12 bits per heavy atom. The minimum atomic E-state index is 0.332. The number of nitrogens with one attached hydrogen (secondary N) is 1. The van der Waals surface area contributed by atoms with Gasteiger partial charge in [-0.1, -0.05) is 39.8 Å². The second-order valence-electron chi connectivity index (χ2n) is 7.90. The normalized spacial score (nSPS) is 25.7. The predicted octanol–water partition coefficient (Wildman–Crippen LogP) is 4.36. The second kappa shape index (κ2) is 7.75. The average molecular weight is 355 g/mol. The van der Waals surface area contributed by atoms with Gasteiger partial charge in [0.05, 0.1) is 6.17 Å². The van der Waals surface area contributed by atoms with Crippen LogP contribution in [0.4, 0.5) is 11.4 Å². The molecule has 1 aromatic carbocycles. The van der Waals surface area contributed by atoms with Gasteiger partial charge in [-0.05, 0) is 49.4 Å². The second-order valence-corrected chi connectivity index (χ2v) is 7.90. The van der Waals surface area contributed by atoms with Crippen LogP contribution in [0.1, 0.15) is 39.7 Å². The van der Waals surface area contributed by atoms with E-state index in [2.05, 4.69) is 105 Å². The van der Waals surface area contributed by atoms with Crippen molar-refractivity contribution >= 4 is 11.4 Å². The van der Waals surface area contributed by atoms with E-state index in [1.807, 2.05) is 0 Å². The molecule has 3 rings (SSSR count). The molecule has 2 heterocycles. The fourth-order valence-electron chi connectivity index (χ4n) is 4.51. The largest absolute Gasteiger partial charge is 0.359 e. The quantitative estimate of drug-likeness (QED) is 0.848. The lowest BCUT2D eigenvalue weighted by atomic mass is 9.97. The molecular formula is C22H34N4. The fourth-order valence-corrected chi connectivity index (χ4v) is 4.51. The van der Waals surface area contributed by atoms with E-state index in [0.717, 1.165) is 12.8 Å². The third-order valence-electron chi connectivity index (χ3n) is 5.71. The Balaban J connectivity index is 2.05. The molecule has 4 heteroatoms. The van der Waals surface area contributed by atoms with Crippen LogP contribution >= 0.6 is 0 Å². The number of hydrogen-bond acceptors (Lipinski definition) is 4. The Bertz CT molecular complexity index is 679. The van der Waals surface area contributed by atoms with Crippen LogP contribution in [0.15, 0.2) is 42.9 Å². The maximum atomic E-state index is 3.52. The molecule has 2 aliphatic rings. The van der Waals surface area contributed by atoms with Crippen molar-refractivity contribution in [3.05, 3.63) is 48.4 Å². The lowest BCUT2D eigenvalue weighted by Gasteiger charge is -2.40. The Labute approximate surface area is 159 Å². The van der Waals surface area contributed by atoms with Gasteiger partial charge in [-0.15, -0.1) is 0 Å². The van der Waals surface area contributed by atoms with Crippen LogP contribution in [0, 0.1) is 11.8 Å². The monoisotopic (exact) mass is 354 g/mol. The minimum Gasteiger partial charge on any atom is -0.359 e. The number of nitrogens with zero attached hydrogens (tertiary/aromatic N) is 3. The zero-order valence-electron chi connectivity index (χ0n) is 17.1. The van der Waals surface area contributed by atoms with Gasteiger partial charge in [0.25, 0.3) is 0 Å². The third-order valence-corrected chi connectivity index (χ3v) is 5.71. The van der Waals surface area contributed by atoms with Crippen molar-refractivity contribution in [2.45, 2.75) is 52.9 Å². The van der Waals surface area contributed by atoms with E-state index in [1.54, 1.807) is 0 Å². The molecule has 142 valence electrons. The molecule has 0 aliphatic carbocycles. The lowest BCUT2D eigenvalue weighted by molar-refractivity contribution is 0.283. The van der Waals surface area contributed by atoms with Crippen LogP contribution in [0.3, 0.4) is 0 Å². The molecule has 1 N–H and O–H groups in total. The van der Waals surface area contributed by atoms with Gasteiger partial charge in [-0.3, -0.25) is 5.32 Å². The summed E-state index contributed by atoms with van der Waals surface area (Å²) in [6.45, 7) is 9.17. The van der Waals surface area contributed by atoms with Gasteiger partial charge in [-0.25, -0.2) is 0 Å². The number of hydrogen-bond donors (Lipinski definition) is 1. The molecule has 1 aromatic rings. The first-order valence-corrected chi connectivity index (χ1v) is 9.92. The molecule has 3 atom stereocenters. The first-order chi connectivity index (χ1) is 12.5. The van der Waals surface area contributed by atoms with Crippen LogP contribution in [0.2, 0.25) is 0 Å². The Hall–Kier alpha value is -1.94. The average Bonchev–Trinajstić information content (AvgIpc) is 3.02. The first kappa shape index (κ1) is 18.8. The smallest absolute Gasteiger partial charge is 0.107 e. The molecule has 2 aliphatic heterocycles. The highest BCUT2D eigenvalue weighted by Gasteiger charge is 2.31. The summed E-state index contributed by atoms with van der Waals surface area (Å²) in [6, 6.07) is 6.74. The molecule has 0 fully saturated rings. The van der Waals surface area contributed by atoms with Crippen molar-refractivity contribution < 1.29 is 0 Å². The zero-order chi connectivity index (χ0) is 18.8. The van der Waals surface area contributed by atoms with Crippen LogP contribution in [0.5, 0.6) is 0 Å². The summed E-state index contributed by atoms with van der Waals surface area (Å²) in [4.78, 5) is 7.18. The zero-order valence-corrected chi connectivity index (χ0v) is 17.1. The number of anilines is 2. The van der Waals surface area contributed by atoms with E-state index in [4.69, 9.17) is 0 Å². The summed E-state index contributed by atoms with van der Waals surface area (Å²) in [7, 11) is 4.23. The van der Waals surface area contributed by atoms with Crippen molar-refractivity contribution in [3.8, 4) is 0 Å². The van der Waals surface area contributed by atoms with Crippen molar-refractivity contribution in [1.29, 1.82) is 0 Å². The predicted molar refractivity (Wildman–Crippen MR) is 112 cm³/mol. The third kappa shape index (κ3) is 3.23. The van der Waals surface area contributed by atoms with E-state index >= 15 is 0 Å². The molecule has 0 aromatic heterocycles.